The maximum Gasteiger partial charge on any atom is 0.407 e. The number of carboxylic acid groups (broad SMARTS) is 1. The van der Waals surface area contributed by atoms with Crippen molar-refractivity contribution in [1.82, 2.24) is 10.6 Å². The number of ether oxygens (including phenoxy) is 1. The zero-order valence-corrected chi connectivity index (χ0v) is 20.3. The Hall–Kier alpha value is -3.35. The summed E-state index contributed by atoms with van der Waals surface area (Å²) in [6, 6.07) is 15.9. The van der Waals surface area contributed by atoms with Gasteiger partial charge in [-0.2, -0.15) is 0 Å². The topological polar surface area (TPSA) is 105 Å². The molecule has 4 atom stereocenters. The first kappa shape index (κ1) is 24.8. The van der Waals surface area contributed by atoms with Crippen LogP contribution in [0.4, 0.5) is 4.79 Å². The van der Waals surface area contributed by atoms with Crippen molar-refractivity contribution >= 4 is 18.0 Å². The van der Waals surface area contributed by atoms with E-state index >= 15 is 0 Å². The fourth-order valence-electron chi connectivity index (χ4n) is 5.33. The molecular weight excluding hydrogens is 444 g/mol. The minimum Gasteiger partial charge on any atom is -0.481 e. The van der Waals surface area contributed by atoms with Crippen LogP contribution in [0.15, 0.2) is 48.5 Å². The highest BCUT2D eigenvalue weighted by Crippen LogP contribution is 2.44. The number of carboxylic acids is 1. The number of aliphatic carboxylic acids is 1. The van der Waals surface area contributed by atoms with Crippen LogP contribution in [0, 0.1) is 17.8 Å². The van der Waals surface area contributed by atoms with Gasteiger partial charge in [-0.1, -0.05) is 61.4 Å². The molecule has 2 aliphatic rings. The van der Waals surface area contributed by atoms with E-state index in [1.54, 1.807) is 13.8 Å². The zero-order valence-electron chi connectivity index (χ0n) is 20.3. The normalized spacial score (nSPS) is 20.7. The molecule has 2 unspecified atom stereocenters. The molecule has 7 heteroatoms. The molecule has 0 aromatic heterocycles. The van der Waals surface area contributed by atoms with Crippen LogP contribution in [0.1, 0.15) is 56.6 Å². The van der Waals surface area contributed by atoms with Crippen molar-refractivity contribution in [2.75, 3.05) is 13.2 Å². The number of alkyl carbamates (subject to hydrolysis) is 1. The predicted molar refractivity (Wildman–Crippen MR) is 133 cm³/mol. The molecular formula is C28H34N2O5. The summed E-state index contributed by atoms with van der Waals surface area (Å²) in [6.45, 7) is 3.91. The molecule has 2 amide bonds. The van der Waals surface area contributed by atoms with Crippen molar-refractivity contribution in [3.05, 3.63) is 59.7 Å². The highest BCUT2D eigenvalue weighted by molar-refractivity contribution is 5.81. The smallest absolute Gasteiger partial charge is 0.407 e. The Morgan fingerprint density at radius 1 is 0.971 bits per heavy atom. The molecule has 7 nitrogen and oxygen atoms in total. The summed E-state index contributed by atoms with van der Waals surface area (Å²) in [6.07, 6.45) is 3.04. The van der Waals surface area contributed by atoms with E-state index in [0.29, 0.717) is 6.54 Å². The maximum atomic E-state index is 12.9. The largest absolute Gasteiger partial charge is 0.481 e. The molecule has 2 aromatic carbocycles. The van der Waals surface area contributed by atoms with Gasteiger partial charge in [-0.15, -0.1) is 0 Å². The molecule has 0 heterocycles. The molecule has 2 aliphatic carbocycles. The second-order valence-corrected chi connectivity index (χ2v) is 9.78. The first-order chi connectivity index (χ1) is 16.9. The van der Waals surface area contributed by atoms with Crippen molar-refractivity contribution in [2.45, 2.75) is 51.5 Å². The van der Waals surface area contributed by atoms with Crippen molar-refractivity contribution in [2.24, 2.45) is 17.8 Å². The molecule has 0 spiro atoms. The van der Waals surface area contributed by atoms with Crippen molar-refractivity contribution in [3.63, 3.8) is 0 Å². The second-order valence-electron chi connectivity index (χ2n) is 9.78. The zero-order chi connectivity index (χ0) is 24.9. The molecule has 4 rings (SSSR count). The van der Waals surface area contributed by atoms with Gasteiger partial charge in [0.1, 0.15) is 6.61 Å². The molecule has 0 radical (unpaired) electrons. The number of benzene rings is 2. The van der Waals surface area contributed by atoms with Crippen LogP contribution in [0.2, 0.25) is 0 Å². The summed E-state index contributed by atoms with van der Waals surface area (Å²) in [5, 5.41) is 14.9. The molecule has 3 N–H and O–H groups in total. The quantitative estimate of drug-likeness (QED) is 0.516. The summed E-state index contributed by atoms with van der Waals surface area (Å²) < 4.78 is 5.63. The predicted octanol–water partition coefficient (Wildman–Crippen LogP) is 4.56. The minimum atomic E-state index is -0.935. The molecule has 0 bridgehead atoms. The number of rotatable bonds is 8. The van der Waals surface area contributed by atoms with Gasteiger partial charge in [0.2, 0.25) is 5.91 Å². The Bertz CT molecular complexity index is 1040. The van der Waals surface area contributed by atoms with E-state index in [-0.39, 0.29) is 30.3 Å². The van der Waals surface area contributed by atoms with Gasteiger partial charge in [-0.25, -0.2) is 4.79 Å². The lowest BCUT2D eigenvalue weighted by molar-refractivity contribution is -0.142. The van der Waals surface area contributed by atoms with E-state index in [0.717, 1.165) is 36.8 Å². The average molecular weight is 479 g/mol. The number of nitrogens with one attached hydrogen (secondary N) is 2. The second kappa shape index (κ2) is 10.9. The summed E-state index contributed by atoms with van der Waals surface area (Å²) in [4.78, 5) is 36.7. The SMILES string of the molecule is CC(NC(=O)[C@H]1CCCC[C@H]1CNC(=O)OCC1c2ccccc2-c2ccccc21)C(C)C(=O)O. The van der Waals surface area contributed by atoms with E-state index in [1.807, 2.05) is 24.3 Å². The van der Waals surface area contributed by atoms with Crippen LogP contribution in [0.25, 0.3) is 11.1 Å². The van der Waals surface area contributed by atoms with E-state index in [9.17, 15) is 19.5 Å². The number of hydrogen-bond acceptors (Lipinski definition) is 4. The first-order valence-electron chi connectivity index (χ1n) is 12.5. The Kier molecular flexibility index (Phi) is 7.73. The number of amides is 2. The standard InChI is InChI=1S/C28H34N2O5/c1-17(27(32)33)18(2)30-26(31)20-10-4-3-9-19(20)15-29-28(34)35-16-25-23-13-7-5-11-21(23)22-12-6-8-14-24(22)25/h5-8,11-14,17-20,25H,3-4,9-10,15-16H2,1-2H3,(H,29,34)(H,30,31)(H,32,33)/t17?,18?,19-,20-/m0/s1. The first-order valence-corrected chi connectivity index (χ1v) is 12.5. The number of hydrogen-bond donors (Lipinski definition) is 3. The fourth-order valence-corrected chi connectivity index (χ4v) is 5.33. The third kappa shape index (κ3) is 5.50. The lowest BCUT2D eigenvalue weighted by Gasteiger charge is -2.32. The van der Waals surface area contributed by atoms with Gasteiger partial charge >= 0.3 is 12.1 Å². The third-order valence-electron chi connectivity index (χ3n) is 7.61. The highest BCUT2D eigenvalue weighted by Gasteiger charge is 2.33. The minimum absolute atomic E-state index is 0.000862. The van der Waals surface area contributed by atoms with Crippen LogP contribution in [-0.2, 0) is 14.3 Å². The highest BCUT2D eigenvalue weighted by atomic mass is 16.5. The van der Waals surface area contributed by atoms with Gasteiger partial charge in [0.25, 0.3) is 0 Å². The van der Waals surface area contributed by atoms with Gasteiger partial charge in [0.15, 0.2) is 0 Å². The molecule has 0 aliphatic heterocycles. The molecule has 186 valence electrons. The van der Waals surface area contributed by atoms with Crippen LogP contribution in [0.5, 0.6) is 0 Å². The van der Waals surface area contributed by atoms with Crippen LogP contribution < -0.4 is 10.6 Å². The molecule has 1 saturated carbocycles. The summed E-state index contributed by atoms with van der Waals surface area (Å²) >= 11 is 0. The monoisotopic (exact) mass is 478 g/mol. The van der Waals surface area contributed by atoms with Crippen molar-refractivity contribution in [1.29, 1.82) is 0 Å². The lowest BCUT2D eigenvalue weighted by Crippen LogP contribution is -2.47. The number of fused-ring (bicyclic) bond motifs is 3. The Morgan fingerprint density at radius 2 is 1.57 bits per heavy atom. The van der Waals surface area contributed by atoms with E-state index in [1.165, 1.54) is 11.1 Å². The van der Waals surface area contributed by atoms with Crippen molar-refractivity contribution < 1.29 is 24.2 Å². The summed E-state index contributed by atoms with van der Waals surface area (Å²) in [5.41, 5.74) is 4.68. The average Bonchev–Trinajstić information content (AvgIpc) is 3.19. The van der Waals surface area contributed by atoms with E-state index in [2.05, 4.69) is 34.9 Å². The summed E-state index contributed by atoms with van der Waals surface area (Å²) in [5.74, 6) is -1.99. The Balaban J connectivity index is 1.32. The molecule has 0 saturated heterocycles. The molecule has 2 aromatic rings. The Morgan fingerprint density at radius 3 is 2.20 bits per heavy atom. The van der Waals surface area contributed by atoms with Gasteiger partial charge in [0.05, 0.1) is 5.92 Å². The number of carbonyl (C=O) groups is 3. The maximum absolute atomic E-state index is 12.9. The van der Waals surface area contributed by atoms with Crippen LogP contribution in [-0.4, -0.2) is 42.3 Å². The molecule has 35 heavy (non-hydrogen) atoms. The van der Waals surface area contributed by atoms with Crippen LogP contribution >= 0.6 is 0 Å². The van der Waals surface area contributed by atoms with Crippen LogP contribution in [0.3, 0.4) is 0 Å². The van der Waals surface area contributed by atoms with Gasteiger partial charge in [-0.05, 0) is 54.9 Å². The van der Waals surface area contributed by atoms with E-state index < -0.39 is 24.0 Å². The molecule has 1 fully saturated rings. The summed E-state index contributed by atoms with van der Waals surface area (Å²) in [7, 11) is 0. The Labute approximate surface area is 206 Å². The van der Waals surface area contributed by atoms with Gasteiger partial charge < -0.3 is 20.5 Å². The van der Waals surface area contributed by atoms with E-state index in [4.69, 9.17) is 4.74 Å². The third-order valence-corrected chi connectivity index (χ3v) is 7.61. The van der Waals surface area contributed by atoms with Crippen molar-refractivity contribution in [3.8, 4) is 11.1 Å². The number of carbonyl (C=O) groups excluding carboxylic acids is 2. The fraction of sp³-hybridized carbons (Fsp3) is 0.464. The van der Waals surface area contributed by atoms with Gasteiger partial charge in [0, 0.05) is 24.4 Å². The lowest BCUT2D eigenvalue weighted by atomic mass is 9.78. The van der Waals surface area contributed by atoms with Gasteiger partial charge in [-0.3, -0.25) is 9.59 Å².